The second-order valence-electron chi connectivity index (χ2n) is 5.12. The van der Waals surface area contributed by atoms with Crippen molar-refractivity contribution in [3.63, 3.8) is 0 Å². The van der Waals surface area contributed by atoms with E-state index in [4.69, 9.17) is 5.11 Å². The summed E-state index contributed by atoms with van der Waals surface area (Å²) < 4.78 is 2.10. The van der Waals surface area contributed by atoms with E-state index in [0.29, 0.717) is 12.3 Å². The van der Waals surface area contributed by atoms with Crippen LogP contribution in [-0.2, 0) is 11.3 Å². The first kappa shape index (κ1) is 14.7. The predicted octanol–water partition coefficient (Wildman–Crippen LogP) is 1.85. The van der Waals surface area contributed by atoms with Gasteiger partial charge in [-0.1, -0.05) is 13.8 Å². The quantitative estimate of drug-likeness (QED) is 0.778. The van der Waals surface area contributed by atoms with Crippen LogP contribution in [0.2, 0.25) is 0 Å². The number of rotatable bonds is 7. The number of hydrogen-bond acceptors (Lipinski definition) is 3. The second-order valence-corrected chi connectivity index (χ2v) is 5.12. The van der Waals surface area contributed by atoms with E-state index in [0.717, 1.165) is 18.8 Å². The van der Waals surface area contributed by atoms with Crippen LogP contribution in [0.15, 0.2) is 12.4 Å². The lowest BCUT2D eigenvalue weighted by molar-refractivity contribution is -0.144. The maximum absolute atomic E-state index is 11.1. The summed E-state index contributed by atoms with van der Waals surface area (Å²) in [5.41, 5.74) is -0.849. The molecule has 1 atom stereocenters. The highest BCUT2D eigenvalue weighted by molar-refractivity contribution is 5.78. The summed E-state index contributed by atoms with van der Waals surface area (Å²) in [7, 11) is 1.69. The molecular formula is C13H23N3O2. The molecule has 1 heterocycles. The number of hydrogen-bond donors (Lipinski definition) is 2. The molecule has 102 valence electrons. The number of imidazole rings is 1. The van der Waals surface area contributed by atoms with E-state index in [2.05, 4.69) is 28.7 Å². The van der Waals surface area contributed by atoms with Crippen LogP contribution in [0.3, 0.4) is 0 Å². The van der Waals surface area contributed by atoms with Gasteiger partial charge < -0.3 is 15.0 Å². The van der Waals surface area contributed by atoms with E-state index in [1.807, 2.05) is 6.20 Å². The van der Waals surface area contributed by atoms with Crippen LogP contribution < -0.4 is 5.32 Å². The Morgan fingerprint density at radius 3 is 2.78 bits per heavy atom. The molecule has 0 aliphatic rings. The van der Waals surface area contributed by atoms with Gasteiger partial charge in [-0.15, -0.1) is 0 Å². The van der Waals surface area contributed by atoms with Crippen molar-refractivity contribution in [1.82, 2.24) is 14.9 Å². The van der Waals surface area contributed by atoms with Gasteiger partial charge in [0.2, 0.25) is 0 Å². The highest BCUT2D eigenvalue weighted by Crippen LogP contribution is 2.16. The fourth-order valence-corrected chi connectivity index (χ4v) is 1.95. The second kappa shape index (κ2) is 6.00. The zero-order valence-electron chi connectivity index (χ0n) is 11.6. The molecule has 2 N–H and O–H groups in total. The Morgan fingerprint density at radius 1 is 1.61 bits per heavy atom. The van der Waals surface area contributed by atoms with E-state index in [9.17, 15) is 4.79 Å². The average molecular weight is 253 g/mol. The largest absolute Gasteiger partial charge is 0.480 e. The monoisotopic (exact) mass is 253 g/mol. The minimum absolute atomic E-state index is 0.384. The van der Waals surface area contributed by atoms with Gasteiger partial charge in [-0.3, -0.25) is 4.79 Å². The fraction of sp³-hybridized carbons (Fsp3) is 0.692. The first-order chi connectivity index (χ1) is 8.40. The third-order valence-electron chi connectivity index (χ3n) is 3.36. The fourth-order valence-electron chi connectivity index (χ4n) is 1.95. The first-order valence-corrected chi connectivity index (χ1v) is 6.34. The van der Waals surface area contributed by atoms with Gasteiger partial charge in [0.1, 0.15) is 11.4 Å². The predicted molar refractivity (Wildman–Crippen MR) is 70.7 cm³/mol. The van der Waals surface area contributed by atoms with Crippen LogP contribution in [-0.4, -0.2) is 33.2 Å². The summed E-state index contributed by atoms with van der Waals surface area (Å²) in [6.07, 6.45) is 5.14. The van der Waals surface area contributed by atoms with E-state index in [1.165, 1.54) is 0 Å². The highest BCUT2D eigenvalue weighted by atomic mass is 16.4. The van der Waals surface area contributed by atoms with Crippen LogP contribution in [0, 0.1) is 0 Å². The molecule has 0 aromatic carbocycles. The standard InChI is InChI=1S/C13H23N3O2/c1-10(2)11-15-7-9-16(11)8-5-6-13(3,14-4)12(17)18/h7,9-10,14H,5-6,8H2,1-4H3,(H,17,18). The molecule has 0 fully saturated rings. The van der Waals surface area contributed by atoms with Crippen molar-refractivity contribution in [2.45, 2.75) is 51.6 Å². The van der Waals surface area contributed by atoms with Crippen molar-refractivity contribution < 1.29 is 9.90 Å². The lowest BCUT2D eigenvalue weighted by atomic mass is 9.96. The molecule has 1 rings (SSSR count). The molecule has 0 saturated heterocycles. The van der Waals surface area contributed by atoms with E-state index in [1.54, 1.807) is 20.2 Å². The number of carboxylic acid groups (broad SMARTS) is 1. The Bertz CT molecular complexity index is 401. The van der Waals surface area contributed by atoms with E-state index < -0.39 is 11.5 Å². The van der Waals surface area contributed by atoms with Crippen LogP contribution in [0.5, 0.6) is 0 Å². The number of aryl methyl sites for hydroxylation is 1. The van der Waals surface area contributed by atoms with Crippen LogP contribution in [0.4, 0.5) is 0 Å². The number of nitrogens with zero attached hydrogens (tertiary/aromatic N) is 2. The highest BCUT2D eigenvalue weighted by Gasteiger charge is 2.30. The van der Waals surface area contributed by atoms with Crippen molar-refractivity contribution in [2.75, 3.05) is 7.05 Å². The third-order valence-corrected chi connectivity index (χ3v) is 3.36. The van der Waals surface area contributed by atoms with Gasteiger partial charge in [0.05, 0.1) is 0 Å². The molecule has 5 heteroatoms. The molecule has 0 spiro atoms. The lowest BCUT2D eigenvalue weighted by Crippen LogP contribution is -2.47. The molecule has 0 bridgehead atoms. The first-order valence-electron chi connectivity index (χ1n) is 6.34. The van der Waals surface area contributed by atoms with Crippen LogP contribution >= 0.6 is 0 Å². The number of carboxylic acids is 1. The van der Waals surface area contributed by atoms with Gasteiger partial charge in [0, 0.05) is 24.9 Å². The van der Waals surface area contributed by atoms with Gasteiger partial charge >= 0.3 is 5.97 Å². The molecule has 1 aromatic heterocycles. The maximum atomic E-state index is 11.1. The summed E-state index contributed by atoms with van der Waals surface area (Å²) in [6, 6.07) is 0. The Balaban J connectivity index is 2.56. The summed E-state index contributed by atoms with van der Waals surface area (Å²) >= 11 is 0. The Hall–Kier alpha value is -1.36. The molecule has 5 nitrogen and oxygen atoms in total. The summed E-state index contributed by atoms with van der Waals surface area (Å²) in [5.74, 6) is 0.631. The molecule has 0 aliphatic heterocycles. The Kier molecular flexibility index (Phi) is 4.90. The lowest BCUT2D eigenvalue weighted by Gasteiger charge is -2.24. The van der Waals surface area contributed by atoms with Crippen molar-refractivity contribution >= 4 is 5.97 Å². The molecular weight excluding hydrogens is 230 g/mol. The summed E-state index contributed by atoms with van der Waals surface area (Å²) in [6.45, 7) is 6.73. The zero-order valence-corrected chi connectivity index (χ0v) is 11.6. The summed E-state index contributed by atoms with van der Waals surface area (Å²) in [4.78, 5) is 15.5. The zero-order chi connectivity index (χ0) is 13.8. The minimum Gasteiger partial charge on any atom is -0.480 e. The topological polar surface area (TPSA) is 67.2 Å². The number of nitrogens with one attached hydrogen (secondary N) is 1. The Labute approximate surface area is 108 Å². The molecule has 0 saturated carbocycles. The minimum atomic E-state index is -0.849. The number of aliphatic carboxylic acids is 1. The molecule has 0 amide bonds. The molecule has 0 aliphatic carbocycles. The number of likely N-dealkylation sites (N-methyl/N-ethyl adjacent to an activating group) is 1. The SMILES string of the molecule is CNC(C)(CCCn1ccnc1C(C)C)C(=O)O. The van der Waals surface area contributed by atoms with Gasteiger partial charge in [0.15, 0.2) is 0 Å². The van der Waals surface area contributed by atoms with Crippen molar-refractivity contribution in [3.05, 3.63) is 18.2 Å². The van der Waals surface area contributed by atoms with Crippen LogP contribution in [0.1, 0.15) is 45.4 Å². The maximum Gasteiger partial charge on any atom is 0.323 e. The average Bonchev–Trinajstić information content (AvgIpc) is 2.77. The molecule has 18 heavy (non-hydrogen) atoms. The molecule has 1 unspecified atom stereocenters. The summed E-state index contributed by atoms with van der Waals surface area (Å²) in [5, 5.41) is 12.0. The van der Waals surface area contributed by atoms with Gasteiger partial charge in [0.25, 0.3) is 0 Å². The third kappa shape index (κ3) is 3.32. The van der Waals surface area contributed by atoms with Gasteiger partial charge in [-0.25, -0.2) is 4.98 Å². The number of aromatic nitrogens is 2. The molecule has 1 aromatic rings. The normalized spacial score (nSPS) is 14.7. The Morgan fingerprint density at radius 2 is 2.28 bits per heavy atom. The number of carbonyl (C=O) groups is 1. The van der Waals surface area contributed by atoms with Crippen LogP contribution in [0.25, 0.3) is 0 Å². The van der Waals surface area contributed by atoms with Gasteiger partial charge in [-0.2, -0.15) is 0 Å². The van der Waals surface area contributed by atoms with E-state index in [-0.39, 0.29) is 0 Å². The van der Waals surface area contributed by atoms with Crippen molar-refractivity contribution in [1.29, 1.82) is 0 Å². The van der Waals surface area contributed by atoms with Gasteiger partial charge in [-0.05, 0) is 26.8 Å². The molecule has 0 radical (unpaired) electrons. The van der Waals surface area contributed by atoms with Crippen molar-refractivity contribution in [3.8, 4) is 0 Å². The van der Waals surface area contributed by atoms with Crippen molar-refractivity contribution in [2.24, 2.45) is 0 Å². The smallest absolute Gasteiger partial charge is 0.323 e. The van der Waals surface area contributed by atoms with E-state index >= 15 is 0 Å².